The quantitative estimate of drug-likeness (QED) is 0.947. The Morgan fingerprint density at radius 2 is 1.57 bits per heavy atom. The number of nitrogens with two attached hydrogens (primary N) is 1. The van der Waals surface area contributed by atoms with Gasteiger partial charge in [-0.2, -0.15) is 0 Å². The Hall–Kier alpha value is -1.72. The number of benzene rings is 2. The molecule has 1 aliphatic carbocycles. The van der Waals surface area contributed by atoms with E-state index in [2.05, 4.69) is 0 Å². The summed E-state index contributed by atoms with van der Waals surface area (Å²) in [5.41, 5.74) is 7.73. The van der Waals surface area contributed by atoms with Crippen LogP contribution in [0.25, 0.3) is 0 Å². The van der Waals surface area contributed by atoms with Gasteiger partial charge in [0.2, 0.25) is 0 Å². The van der Waals surface area contributed by atoms with Crippen molar-refractivity contribution in [3.8, 4) is 0 Å². The van der Waals surface area contributed by atoms with Gasteiger partial charge < -0.3 is 5.73 Å². The number of halogens is 1. The van der Waals surface area contributed by atoms with Crippen LogP contribution in [0.1, 0.15) is 17.0 Å². The predicted molar refractivity (Wildman–Crippen MR) is 79.3 cm³/mol. The molecule has 3 nitrogen and oxygen atoms in total. The third kappa shape index (κ3) is 2.47. The summed E-state index contributed by atoms with van der Waals surface area (Å²) in [5, 5.41) is -0.634. The molecule has 5 heteroatoms. The SMILES string of the molecule is Cc1ccc(S(=O)(=O)[C@H]2[C@H](N)[C@@H]2c2ccc(F)cc2)cc1. The molecule has 1 aliphatic rings. The van der Waals surface area contributed by atoms with Gasteiger partial charge >= 0.3 is 0 Å². The van der Waals surface area contributed by atoms with Gasteiger partial charge in [0.15, 0.2) is 9.84 Å². The van der Waals surface area contributed by atoms with Gasteiger partial charge in [0, 0.05) is 12.0 Å². The lowest BCUT2D eigenvalue weighted by Gasteiger charge is -2.04. The van der Waals surface area contributed by atoms with Crippen molar-refractivity contribution in [1.82, 2.24) is 0 Å². The standard InChI is InChI=1S/C16H16FNO2S/c1-10-2-8-13(9-3-10)21(19,20)16-14(15(16)18)11-4-6-12(17)7-5-11/h2-9,14-16H,18H2,1H3/t14-,15+,16+/m0/s1. The van der Waals surface area contributed by atoms with Crippen LogP contribution in [0.5, 0.6) is 0 Å². The van der Waals surface area contributed by atoms with Crippen LogP contribution in [0, 0.1) is 12.7 Å². The van der Waals surface area contributed by atoms with Gasteiger partial charge in [0.1, 0.15) is 5.82 Å². The van der Waals surface area contributed by atoms with Crippen molar-refractivity contribution >= 4 is 9.84 Å². The van der Waals surface area contributed by atoms with Crippen molar-refractivity contribution in [1.29, 1.82) is 0 Å². The topological polar surface area (TPSA) is 60.2 Å². The van der Waals surface area contributed by atoms with Gasteiger partial charge in [-0.05, 0) is 36.8 Å². The van der Waals surface area contributed by atoms with Gasteiger partial charge in [-0.25, -0.2) is 12.8 Å². The van der Waals surface area contributed by atoms with E-state index < -0.39 is 21.1 Å². The van der Waals surface area contributed by atoms with Gasteiger partial charge in [-0.15, -0.1) is 0 Å². The van der Waals surface area contributed by atoms with E-state index >= 15 is 0 Å². The highest BCUT2D eigenvalue weighted by Gasteiger charge is 2.57. The molecule has 21 heavy (non-hydrogen) atoms. The van der Waals surface area contributed by atoms with E-state index in [1.54, 1.807) is 36.4 Å². The highest BCUT2D eigenvalue weighted by molar-refractivity contribution is 7.92. The molecule has 110 valence electrons. The minimum Gasteiger partial charge on any atom is -0.326 e. The zero-order chi connectivity index (χ0) is 15.2. The van der Waals surface area contributed by atoms with Crippen LogP contribution >= 0.6 is 0 Å². The fourth-order valence-corrected chi connectivity index (χ4v) is 4.73. The molecule has 2 aromatic rings. The first kappa shape index (κ1) is 14.2. The lowest BCUT2D eigenvalue weighted by atomic mass is 10.1. The van der Waals surface area contributed by atoms with Crippen LogP contribution in [-0.2, 0) is 9.84 Å². The molecule has 0 spiro atoms. The zero-order valence-electron chi connectivity index (χ0n) is 11.5. The van der Waals surface area contributed by atoms with Crippen LogP contribution in [0.2, 0.25) is 0 Å². The van der Waals surface area contributed by atoms with Crippen molar-refractivity contribution < 1.29 is 12.8 Å². The van der Waals surface area contributed by atoms with Crippen molar-refractivity contribution in [2.45, 2.75) is 29.0 Å². The van der Waals surface area contributed by atoms with Crippen LogP contribution in [0.3, 0.4) is 0 Å². The summed E-state index contributed by atoms with van der Waals surface area (Å²) in [7, 11) is -3.46. The minimum atomic E-state index is -3.46. The van der Waals surface area contributed by atoms with Gasteiger partial charge in [0.05, 0.1) is 10.1 Å². The molecule has 0 saturated heterocycles. The molecule has 0 aromatic heterocycles. The second kappa shape index (κ2) is 4.93. The second-order valence-electron chi connectivity index (χ2n) is 5.48. The molecule has 3 rings (SSSR count). The minimum absolute atomic E-state index is 0.267. The average molecular weight is 305 g/mol. The largest absolute Gasteiger partial charge is 0.326 e. The molecule has 2 N–H and O–H groups in total. The maximum atomic E-state index is 13.0. The third-order valence-corrected chi connectivity index (χ3v) is 6.22. The summed E-state index contributed by atoms with van der Waals surface area (Å²) < 4.78 is 38.2. The lowest BCUT2D eigenvalue weighted by molar-refractivity contribution is 0.593. The monoisotopic (exact) mass is 305 g/mol. The van der Waals surface area contributed by atoms with E-state index in [0.29, 0.717) is 0 Å². The molecule has 0 aliphatic heterocycles. The molecule has 0 amide bonds. The molecule has 0 radical (unpaired) electrons. The smallest absolute Gasteiger partial charge is 0.183 e. The maximum absolute atomic E-state index is 13.0. The van der Waals surface area contributed by atoms with Crippen LogP contribution in [-0.4, -0.2) is 19.7 Å². The number of aryl methyl sites for hydroxylation is 1. The predicted octanol–water partition coefficient (Wildman–Crippen LogP) is 2.40. The maximum Gasteiger partial charge on any atom is 0.183 e. The van der Waals surface area contributed by atoms with E-state index in [1.807, 2.05) is 6.92 Å². The Kier molecular flexibility index (Phi) is 3.34. The molecule has 1 fully saturated rings. The van der Waals surface area contributed by atoms with E-state index in [0.717, 1.165) is 11.1 Å². The number of hydrogen-bond donors (Lipinski definition) is 1. The van der Waals surface area contributed by atoms with Crippen LogP contribution in [0.15, 0.2) is 53.4 Å². The fourth-order valence-electron chi connectivity index (χ4n) is 2.69. The van der Waals surface area contributed by atoms with Gasteiger partial charge in [0.25, 0.3) is 0 Å². The highest BCUT2D eigenvalue weighted by Crippen LogP contribution is 2.47. The second-order valence-corrected chi connectivity index (χ2v) is 7.58. The molecule has 0 heterocycles. The Labute approximate surface area is 123 Å². The third-order valence-electron chi connectivity index (χ3n) is 3.97. The Morgan fingerprint density at radius 3 is 2.14 bits per heavy atom. The van der Waals surface area contributed by atoms with E-state index in [4.69, 9.17) is 5.73 Å². The summed E-state index contributed by atoms with van der Waals surface area (Å²) in [6.45, 7) is 1.90. The zero-order valence-corrected chi connectivity index (χ0v) is 12.3. The Balaban J connectivity index is 1.91. The lowest BCUT2D eigenvalue weighted by Crippen LogP contribution is -2.15. The first-order valence-corrected chi connectivity index (χ1v) is 8.27. The highest BCUT2D eigenvalue weighted by atomic mass is 32.2. The summed E-state index contributed by atoms with van der Waals surface area (Å²) >= 11 is 0. The fraction of sp³-hybridized carbons (Fsp3) is 0.250. The summed E-state index contributed by atoms with van der Waals surface area (Å²) in [4.78, 5) is 0.290. The summed E-state index contributed by atoms with van der Waals surface area (Å²) in [6.07, 6.45) is 0. The summed E-state index contributed by atoms with van der Waals surface area (Å²) in [5.74, 6) is -0.609. The molecular formula is C16H16FNO2S. The van der Waals surface area contributed by atoms with Crippen molar-refractivity contribution in [3.05, 3.63) is 65.5 Å². The molecule has 1 saturated carbocycles. The molecule has 3 atom stereocenters. The first-order chi connectivity index (χ1) is 9.91. The molecule has 0 bridgehead atoms. The van der Waals surface area contributed by atoms with Gasteiger partial charge in [-0.1, -0.05) is 29.8 Å². The van der Waals surface area contributed by atoms with Crippen LogP contribution in [0.4, 0.5) is 4.39 Å². The van der Waals surface area contributed by atoms with E-state index in [1.165, 1.54) is 12.1 Å². The van der Waals surface area contributed by atoms with Crippen molar-refractivity contribution in [2.75, 3.05) is 0 Å². The number of rotatable bonds is 3. The van der Waals surface area contributed by atoms with E-state index in [9.17, 15) is 12.8 Å². The summed E-state index contributed by atoms with van der Waals surface area (Å²) in [6, 6.07) is 12.2. The van der Waals surface area contributed by atoms with Crippen molar-refractivity contribution in [3.63, 3.8) is 0 Å². The molecule has 0 unspecified atom stereocenters. The molecule has 2 aromatic carbocycles. The first-order valence-electron chi connectivity index (χ1n) is 6.73. The van der Waals surface area contributed by atoms with Crippen LogP contribution < -0.4 is 5.73 Å². The average Bonchev–Trinajstić information content (AvgIpc) is 3.12. The molecular weight excluding hydrogens is 289 g/mol. The number of sulfone groups is 1. The van der Waals surface area contributed by atoms with Gasteiger partial charge in [-0.3, -0.25) is 0 Å². The van der Waals surface area contributed by atoms with Crippen molar-refractivity contribution in [2.24, 2.45) is 5.73 Å². The normalized spacial score (nSPS) is 24.8. The van der Waals surface area contributed by atoms with E-state index in [-0.39, 0.29) is 16.6 Å². The Morgan fingerprint density at radius 1 is 1.00 bits per heavy atom. The number of hydrogen-bond acceptors (Lipinski definition) is 3. The Bertz CT molecular complexity index is 754.